The number of nitrogens with zero attached hydrogens (tertiary/aromatic N) is 1. The number of halogens is 2. The smallest absolute Gasteiger partial charge is 0.293 e. The molecule has 0 bridgehead atoms. The van der Waals surface area contributed by atoms with Crippen LogP contribution in [0.4, 0.5) is 9.18 Å². The van der Waals surface area contributed by atoms with Gasteiger partial charge in [0.15, 0.2) is 11.5 Å². The minimum absolute atomic E-state index is 0.0384. The third-order valence-corrected chi connectivity index (χ3v) is 5.27. The number of carbonyl (C=O) groups excluding carboxylic acids is 2. The molecule has 0 saturated carbocycles. The van der Waals surface area contributed by atoms with Gasteiger partial charge in [-0.2, -0.15) is 0 Å². The van der Waals surface area contributed by atoms with Crippen LogP contribution in [0.25, 0.3) is 6.08 Å². The predicted molar refractivity (Wildman–Crippen MR) is 110 cm³/mol. The Morgan fingerprint density at radius 3 is 2.72 bits per heavy atom. The highest BCUT2D eigenvalue weighted by molar-refractivity contribution is 8.18. The van der Waals surface area contributed by atoms with Crippen molar-refractivity contribution in [3.05, 3.63) is 63.3 Å². The number of amides is 2. The Morgan fingerprint density at radius 2 is 2.03 bits per heavy atom. The summed E-state index contributed by atoms with van der Waals surface area (Å²) in [5, 5.41) is -0.275. The summed E-state index contributed by atoms with van der Waals surface area (Å²) in [6, 6.07) is 8.89. The van der Waals surface area contributed by atoms with Gasteiger partial charge in [-0.25, -0.2) is 4.39 Å². The van der Waals surface area contributed by atoms with Crippen molar-refractivity contribution in [3.63, 3.8) is 0 Å². The van der Waals surface area contributed by atoms with E-state index in [0.717, 1.165) is 22.7 Å². The Bertz CT molecular complexity index is 1050. The number of carbonyl (C=O) groups is 2. The molecule has 3 rings (SSSR count). The van der Waals surface area contributed by atoms with Crippen LogP contribution in [-0.2, 0) is 11.3 Å². The molecule has 0 spiro atoms. The highest BCUT2D eigenvalue weighted by Crippen LogP contribution is 2.36. The maximum atomic E-state index is 13.2. The van der Waals surface area contributed by atoms with Crippen molar-refractivity contribution in [1.82, 2.24) is 4.90 Å². The zero-order valence-corrected chi connectivity index (χ0v) is 16.8. The van der Waals surface area contributed by atoms with Gasteiger partial charge in [0.05, 0.1) is 18.6 Å². The Labute approximate surface area is 176 Å². The van der Waals surface area contributed by atoms with Crippen molar-refractivity contribution in [3.8, 4) is 23.8 Å². The van der Waals surface area contributed by atoms with Crippen LogP contribution >= 0.6 is 23.4 Å². The molecule has 29 heavy (non-hydrogen) atoms. The number of imide groups is 1. The van der Waals surface area contributed by atoms with Crippen molar-refractivity contribution in [2.24, 2.45) is 0 Å². The topological polar surface area (TPSA) is 55.8 Å². The number of rotatable bonds is 6. The van der Waals surface area contributed by atoms with E-state index in [9.17, 15) is 14.0 Å². The summed E-state index contributed by atoms with van der Waals surface area (Å²) in [6.45, 7) is 0.0594. The quantitative estimate of drug-likeness (QED) is 0.488. The van der Waals surface area contributed by atoms with E-state index in [1.807, 2.05) is 0 Å². The van der Waals surface area contributed by atoms with E-state index in [0.29, 0.717) is 22.6 Å². The summed E-state index contributed by atoms with van der Waals surface area (Å²) in [5.41, 5.74) is 1.13. The molecule has 1 aliphatic rings. The van der Waals surface area contributed by atoms with Crippen LogP contribution in [0.1, 0.15) is 11.1 Å². The van der Waals surface area contributed by atoms with Crippen LogP contribution in [-0.4, -0.2) is 29.8 Å². The van der Waals surface area contributed by atoms with Gasteiger partial charge in [-0.15, -0.1) is 6.42 Å². The molecule has 0 aromatic heterocycles. The molecule has 0 radical (unpaired) electrons. The predicted octanol–water partition coefficient (Wildman–Crippen LogP) is 4.74. The molecule has 0 aliphatic carbocycles. The fourth-order valence-electron chi connectivity index (χ4n) is 2.62. The van der Waals surface area contributed by atoms with Gasteiger partial charge in [0, 0.05) is 5.02 Å². The number of benzene rings is 2. The fourth-order valence-corrected chi connectivity index (χ4v) is 3.69. The first-order valence-electron chi connectivity index (χ1n) is 8.36. The van der Waals surface area contributed by atoms with Gasteiger partial charge >= 0.3 is 0 Å². The lowest BCUT2D eigenvalue weighted by atomic mass is 10.1. The Morgan fingerprint density at radius 1 is 1.24 bits per heavy atom. The second kappa shape index (κ2) is 9.03. The summed E-state index contributed by atoms with van der Waals surface area (Å²) < 4.78 is 23.9. The summed E-state index contributed by atoms with van der Waals surface area (Å²) in [6.07, 6.45) is 6.78. The van der Waals surface area contributed by atoms with E-state index in [4.69, 9.17) is 27.5 Å². The Hall–Kier alpha value is -2.95. The molecule has 2 aromatic carbocycles. The average Bonchev–Trinajstić information content (AvgIpc) is 2.96. The maximum Gasteiger partial charge on any atom is 0.293 e. The summed E-state index contributed by atoms with van der Waals surface area (Å²) in [4.78, 5) is 26.3. The van der Waals surface area contributed by atoms with Crippen LogP contribution in [0.2, 0.25) is 5.02 Å². The van der Waals surface area contributed by atoms with Gasteiger partial charge in [-0.3, -0.25) is 14.5 Å². The zero-order valence-electron chi connectivity index (χ0n) is 15.3. The minimum atomic E-state index is -0.489. The molecule has 148 valence electrons. The first-order chi connectivity index (χ1) is 13.9. The van der Waals surface area contributed by atoms with Gasteiger partial charge in [-0.05, 0) is 53.2 Å². The van der Waals surface area contributed by atoms with E-state index in [1.165, 1.54) is 19.2 Å². The second-order valence-electron chi connectivity index (χ2n) is 5.91. The number of thioether (sulfide) groups is 1. The summed E-state index contributed by atoms with van der Waals surface area (Å²) in [7, 11) is 1.49. The molecule has 1 aliphatic heterocycles. The van der Waals surface area contributed by atoms with E-state index in [1.54, 1.807) is 24.3 Å². The molecule has 8 heteroatoms. The third-order valence-electron chi connectivity index (χ3n) is 4.01. The van der Waals surface area contributed by atoms with Gasteiger partial charge in [-0.1, -0.05) is 29.7 Å². The largest absolute Gasteiger partial charge is 0.493 e. The number of terminal acetylenes is 1. The van der Waals surface area contributed by atoms with Crippen molar-refractivity contribution < 1.29 is 23.5 Å². The highest BCUT2D eigenvalue weighted by atomic mass is 35.5. The van der Waals surface area contributed by atoms with Gasteiger partial charge in [0.2, 0.25) is 0 Å². The van der Waals surface area contributed by atoms with Gasteiger partial charge in [0.1, 0.15) is 12.4 Å². The maximum absolute atomic E-state index is 13.2. The van der Waals surface area contributed by atoms with Crippen LogP contribution in [0.3, 0.4) is 0 Å². The monoisotopic (exact) mass is 431 g/mol. The normalized spacial score (nSPS) is 15.0. The lowest BCUT2D eigenvalue weighted by Gasteiger charge is -2.13. The van der Waals surface area contributed by atoms with Gasteiger partial charge in [0.25, 0.3) is 11.1 Å². The van der Waals surface area contributed by atoms with Crippen molar-refractivity contribution in [1.29, 1.82) is 0 Å². The van der Waals surface area contributed by atoms with Crippen LogP contribution in [0.15, 0.2) is 41.3 Å². The second-order valence-corrected chi connectivity index (χ2v) is 7.31. The first-order valence-corrected chi connectivity index (χ1v) is 9.56. The summed E-state index contributed by atoms with van der Waals surface area (Å²) in [5.74, 6) is 2.36. The van der Waals surface area contributed by atoms with E-state index >= 15 is 0 Å². The molecule has 1 saturated heterocycles. The average molecular weight is 432 g/mol. The van der Waals surface area contributed by atoms with E-state index < -0.39 is 17.0 Å². The lowest BCUT2D eigenvalue weighted by molar-refractivity contribution is -0.123. The number of hydrogen-bond donors (Lipinski definition) is 0. The SMILES string of the molecule is C#CCOc1ccc(/C=C2\SC(=O)N(Cc3ccc(F)cc3Cl)C2=O)cc1OC. The molecule has 2 amide bonds. The molecular weight excluding hydrogens is 417 g/mol. The molecule has 1 fully saturated rings. The third kappa shape index (κ3) is 4.73. The number of methoxy groups -OCH3 is 1. The molecule has 2 aromatic rings. The Kier molecular flexibility index (Phi) is 6.47. The summed E-state index contributed by atoms with van der Waals surface area (Å²) >= 11 is 6.82. The number of ether oxygens (including phenoxy) is 2. The van der Waals surface area contributed by atoms with Crippen LogP contribution in [0.5, 0.6) is 11.5 Å². The van der Waals surface area contributed by atoms with E-state index in [-0.39, 0.29) is 23.1 Å². The van der Waals surface area contributed by atoms with Gasteiger partial charge < -0.3 is 9.47 Å². The Balaban J connectivity index is 1.81. The molecular formula is C21H15ClFNO4S. The van der Waals surface area contributed by atoms with Crippen LogP contribution < -0.4 is 9.47 Å². The van der Waals surface area contributed by atoms with Crippen LogP contribution in [0, 0.1) is 18.2 Å². The lowest BCUT2D eigenvalue weighted by Crippen LogP contribution is -2.27. The molecule has 0 N–H and O–H groups in total. The van der Waals surface area contributed by atoms with Crippen molar-refractivity contribution in [2.75, 3.05) is 13.7 Å². The fraction of sp³-hybridized carbons (Fsp3) is 0.143. The highest BCUT2D eigenvalue weighted by Gasteiger charge is 2.35. The molecule has 0 atom stereocenters. The zero-order chi connectivity index (χ0) is 21.0. The standard InChI is InChI=1S/C21H15ClFNO4S/c1-3-8-28-17-7-4-13(9-18(17)27-2)10-19-20(25)24(21(26)29-19)12-14-5-6-15(23)11-16(14)22/h1,4-7,9-11H,8,12H2,2H3/b19-10-. The molecule has 0 unspecified atom stereocenters. The van der Waals surface area contributed by atoms with E-state index in [2.05, 4.69) is 5.92 Å². The molecule has 1 heterocycles. The minimum Gasteiger partial charge on any atom is -0.493 e. The van der Waals surface area contributed by atoms with Crippen molar-refractivity contribution >= 4 is 40.6 Å². The molecule has 5 nitrogen and oxygen atoms in total. The first kappa shape index (κ1) is 20.8. The van der Waals surface area contributed by atoms with Crippen molar-refractivity contribution in [2.45, 2.75) is 6.54 Å². The number of hydrogen-bond acceptors (Lipinski definition) is 5.